The summed E-state index contributed by atoms with van der Waals surface area (Å²) < 4.78 is 38.0. The first-order valence-corrected chi connectivity index (χ1v) is 17.0. The molecule has 44 heavy (non-hydrogen) atoms. The van der Waals surface area contributed by atoms with Gasteiger partial charge in [0.25, 0.3) is 0 Å². The Kier molecular flexibility index (Phi) is 11.4. The van der Waals surface area contributed by atoms with Crippen LogP contribution < -0.4 is 19.1 Å². The van der Waals surface area contributed by atoms with E-state index < -0.39 is 16.1 Å². The number of halogens is 2. The van der Waals surface area contributed by atoms with Crippen LogP contribution in [0.1, 0.15) is 37.8 Å². The topological polar surface area (TPSA) is 105 Å². The van der Waals surface area contributed by atoms with Gasteiger partial charge in [-0.15, -0.1) is 0 Å². The van der Waals surface area contributed by atoms with Crippen molar-refractivity contribution in [2.24, 2.45) is 0 Å². The molecule has 0 bridgehead atoms. The zero-order valence-electron chi connectivity index (χ0n) is 25.0. The number of nitrogens with zero attached hydrogens (tertiary/aromatic N) is 2. The van der Waals surface area contributed by atoms with Crippen molar-refractivity contribution in [3.05, 3.63) is 87.9 Å². The maximum Gasteiger partial charge on any atom is 0.243 e. The fourth-order valence-electron chi connectivity index (χ4n) is 4.96. The maximum absolute atomic E-state index is 14.0. The molecule has 0 saturated heterocycles. The summed E-state index contributed by atoms with van der Waals surface area (Å²) in [5.74, 6) is 0.426. The lowest BCUT2D eigenvalue weighted by molar-refractivity contribution is -0.141. The molecule has 1 aliphatic heterocycles. The van der Waals surface area contributed by atoms with Gasteiger partial charge in [-0.2, -0.15) is 0 Å². The van der Waals surface area contributed by atoms with E-state index in [2.05, 4.69) is 5.32 Å². The number of sulfonamides is 1. The SMILES string of the molecule is CC(C)NC(=O)[C@H](Cc1ccccc1)N(Cc1ccc(Cl)c(Cl)c1)C(=O)CCCN(c1ccc2c(c1)OCCO2)S(C)(=O)=O. The van der Waals surface area contributed by atoms with E-state index in [4.69, 9.17) is 32.7 Å². The number of nitrogens with one attached hydrogen (secondary N) is 1. The number of ether oxygens (including phenoxy) is 2. The first-order chi connectivity index (χ1) is 20.9. The van der Waals surface area contributed by atoms with Crippen molar-refractivity contribution in [1.82, 2.24) is 10.2 Å². The second-order valence-electron chi connectivity index (χ2n) is 10.9. The second kappa shape index (κ2) is 15.0. The summed E-state index contributed by atoms with van der Waals surface area (Å²) in [6.07, 6.45) is 1.62. The molecule has 0 aliphatic carbocycles. The molecule has 0 spiro atoms. The molecule has 1 heterocycles. The van der Waals surface area contributed by atoms with Gasteiger partial charge >= 0.3 is 0 Å². The smallest absolute Gasteiger partial charge is 0.243 e. The molecule has 0 aromatic heterocycles. The molecule has 0 fully saturated rings. The lowest BCUT2D eigenvalue weighted by atomic mass is 10.0. The van der Waals surface area contributed by atoms with Crippen LogP contribution in [0.3, 0.4) is 0 Å². The predicted octanol–water partition coefficient (Wildman–Crippen LogP) is 5.48. The fourth-order valence-corrected chi connectivity index (χ4v) is 6.24. The van der Waals surface area contributed by atoms with Gasteiger partial charge in [-0.3, -0.25) is 13.9 Å². The quantitative estimate of drug-likeness (QED) is 0.260. The van der Waals surface area contributed by atoms with Crippen LogP contribution >= 0.6 is 23.2 Å². The lowest BCUT2D eigenvalue weighted by Crippen LogP contribution is -2.51. The molecule has 2 amide bonds. The zero-order chi connectivity index (χ0) is 31.9. The van der Waals surface area contributed by atoms with E-state index in [1.807, 2.05) is 44.2 Å². The Hall–Kier alpha value is -3.47. The van der Waals surface area contributed by atoms with Gasteiger partial charge in [0.15, 0.2) is 11.5 Å². The van der Waals surface area contributed by atoms with Crippen molar-refractivity contribution in [1.29, 1.82) is 0 Å². The zero-order valence-corrected chi connectivity index (χ0v) is 27.3. The van der Waals surface area contributed by atoms with E-state index in [0.717, 1.165) is 11.8 Å². The number of carbonyl (C=O) groups excluding carboxylic acids is 2. The minimum atomic E-state index is -3.68. The minimum absolute atomic E-state index is 0.00184. The summed E-state index contributed by atoms with van der Waals surface area (Å²) in [4.78, 5) is 29.1. The van der Waals surface area contributed by atoms with E-state index in [-0.39, 0.29) is 43.8 Å². The summed E-state index contributed by atoms with van der Waals surface area (Å²) in [7, 11) is -3.68. The Morgan fingerprint density at radius 2 is 1.61 bits per heavy atom. The van der Waals surface area contributed by atoms with Gasteiger partial charge in [-0.1, -0.05) is 59.6 Å². The molecule has 1 aliphatic rings. The highest BCUT2D eigenvalue weighted by atomic mass is 35.5. The number of rotatable bonds is 13. The molecule has 1 N–H and O–H groups in total. The highest BCUT2D eigenvalue weighted by Gasteiger charge is 2.31. The van der Waals surface area contributed by atoms with Gasteiger partial charge in [-0.25, -0.2) is 8.42 Å². The van der Waals surface area contributed by atoms with Crippen molar-refractivity contribution in [3.8, 4) is 11.5 Å². The molecule has 9 nitrogen and oxygen atoms in total. The van der Waals surface area contributed by atoms with Gasteiger partial charge in [0.05, 0.1) is 22.0 Å². The number of benzene rings is 3. The van der Waals surface area contributed by atoms with Crippen LogP contribution in [0, 0.1) is 0 Å². The molecule has 0 saturated carbocycles. The largest absolute Gasteiger partial charge is 0.486 e. The molecular formula is C32H37Cl2N3O6S. The standard InChI is InChI=1S/C32H37Cl2N3O6S/c1-22(2)35-32(39)28(19-23-8-5-4-6-9-23)36(21-24-11-13-26(33)27(34)18-24)31(38)10-7-15-37(44(3,40)41)25-12-14-29-30(20-25)43-17-16-42-29/h4-6,8-9,11-14,18,20,22,28H,7,10,15-17,19,21H2,1-3H3,(H,35,39)/t28-/m0/s1. The Morgan fingerprint density at radius 1 is 0.909 bits per heavy atom. The lowest BCUT2D eigenvalue weighted by Gasteiger charge is -2.32. The minimum Gasteiger partial charge on any atom is -0.486 e. The van der Waals surface area contributed by atoms with E-state index in [0.29, 0.717) is 52.4 Å². The van der Waals surface area contributed by atoms with Crippen LogP contribution in [-0.4, -0.2) is 63.2 Å². The Labute approximate surface area is 269 Å². The number of carbonyl (C=O) groups is 2. The third-order valence-corrected chi connectivity index (χ3v) is 8.94. The average molecular weight is 663 g/mol. The molecule has 1 atom stereocenters. The first kappa shape index (κ1) is 33.4. The van der Waals surface area contributed by atoms with E-state index >= 15 is 0 Å². The molecule has 0 unspecified atom stereocenters. The monoisotopic (exact) mass is 661 g/mol. The second-order valence-corrected chi connectivity index (χ2v) is 13.6. The first-order valence-electron chi connectivity index (χ1n) is 14.4. The van der Waals surface area contributed by atoms with Gasteiger partial charge < -0.3 is 19.7 Å². The van der Waals surface area contributed by atoms with Gasteiger partial charge in [0.1, 0.15) is 19.3 Å². The van der Waals surface area contributed by atoms with E-state index in [9.17, 15) is 18.0 Å². The highest BCUT2D eigenvalue weighted by molar-refractivity contribution is 7.92. The highest BCUT2D eigenvalue weighted by Crippen LogP contribution is 2.35. The van der Waals surface area contributed by atoms with Crippen LogP contribution in [0.2, 0.25) is 10.0 Å². The number of fused-ring (bicyclic) bond motifs is 1. The number of anilines is 1. The number of amides is 2. The summed E-state index contributed by atoms with van der Waals surface area (Å²) in [6.45, 7) is 4.67. The van der Waals surface area contributed by atoms with Crippen molar-refractivity contribution < 1.29 is 27.5 Å². The van der Waals surface area contributed by atoms with Crippen LogP contribution in [0.4, 0.5) is 5.69 Å². The van der Waals surface area contributed by atoms with Crippen LogP contribution in [-0.2, 0) is 32.6 Å². The molecule has 0 radical (unpaired) electrons. The molecule has 4 rings (SSSR count). The van der Waals surface area contributed by atoms with Crippen molar-refractivity contribution in [3.63, 3.8) is 0 Å². The summed E-state index contributed by atoms with van der Waals surface area (Å²) >= 11 is 12.4. The summed E-state index contributed by atoms with van der Waals surface area (Å²) in [6, 6.07) is 18.6. The van der Waals surface area contributed by atoms with E-state index in [1.165, 1.54) is 4.31 Å². The van der Waals surface area contributed by atoms with Crippen molar-refractivity contribution in [2.45, 2.75) is 51.7 Å². The normalized spacial score (nSPS) is 13.3. The Morgan fingerprint density at radius 3 is 2.27 bits per heavy atom. The van der Waals surface area contributed by atoms with Crippen molar-refractivity contribution >= 4 is 50.7 Å². The number of hydrogen-bond donors (Lipinski definition) is 1. The van der Waals surface area contributed by atoms with Gasteiger partial charge in [-0.05, 0) is 55.7 Å². The fraction of sp³-hybridized carbons (Fsp3) is 0.375. The summed E-state index contributed by atoms with van der Waals surface area (Å²) in [5, 5.41) is 3.68. The molecule has 236 valence electrons. The van der Waals surface area contributed by atoms with Crippen LogP contribution in [0.25, 0.3) is 0 Å². The van der Waals surface area contributed by atoms with Gasteiger partial charge in [0, 0.05) is 38.0 Å². The van der Waals surface area contributed by atoms with E-state index in [1.54, 1.807) is 41.3 Å². The number of hydrogen-bond acceptors (Lipinski definition) is 6. The Bertz CT molecular complexity index is 1570. The van der Waals surface area contributed by atoms with Gasteiger partial charge in [0.2, 0.25) is 21.8 Å². The predicted molar refractivity (Wildman–Crippen MR) is 173 cm³/mol. The third kappa shape index (κ3) is 9.03. The Balaban J connectivity index is 1.59. The molecule has 3 aromatic rings. The van der Waals surface area contributed by atoms with Crippen LogP contribution in [0.15, 0.2) is 66.7 Å². The molecule has 12 heteroatoms. The third-order valence-electron chi connectivity index (χ3n) is 7.00. The molecular weight excluding hydrogens is 625 g/mol. The summed E-state index contributed by atoms with van der Waals surface area (Å²) in [5.41, 5.74) is 2.01. The maximum atomic E-state index is 14.0. The van der Waals surface area contributed by atoms with Crippen LogP contribution in [0.5, 0.6) is 11.5 Å². The average Bonchev–Trinajstić information content (AvgIpc) is 2.98. The molecule has 3 aromatic carbocycles. The van der Waals surface area contributed by atoms with Crippen molar-refractivity contribution in [2.75, 3.05) is 30.3 Å².